The lowest BCUT2D eigenvalue weighted by Crippen LogP contribution is -2.33. The maximum absolute atomic E-state index is 11.6. The molecule has 0 saturated heterocycles. The average molecular weight is 315 g/mol. The van der Waals surface area contributed by atoms with Gasteiger partial charge in [-0.2, -0.15) is 0 Å². The number of carbonyl (C=O) groups excluding carboxylic acids is 1. The van der Waals surface area contributed by atoms with Crippen LogP contribution in [0.15, 0.2) is 36.4 Å². The van der Waals surface area contributed by atoms with E-state index in [0.29, 0.717) is 18.4 Å². The summed E-state index contributed by atoms with van der Waals surface area (Å²) in [5.74, 6) is -0.945. The van der Waals surface area contributed by atoms with Crippen molar-refractivity contribution in [1.29, 1.82) is 0 Å². The van der Waals surface area contributed by atoms with E-state index in [1.807, 2.05) is 39.0 Å². The summed E-state index contributed by atoms with van der Waals surface area (Å²) in [6.45, 7) is 5.85. The molecule has 0 saturated carbocycles. The van der Waals surface area contributed by atoms with Crippen molar-refractivity contribution >= 4 is 22.8 Å². The van der Waals surface area contributed by atoms with Gasteiger partial charge in [-0.25, -0.2) is 9.59 Å². The zero-order chi connectivity index (χ0) is 17.0. The van der Waals surface area contributed by atoms with E-state index in [9.17, 15) is 14.7 Å². The highest BCUT2D eigenvalue weighted by molar-refractivity contribution is 6.04. The van der Waals surface area contributed by atoms with E-state index in [0.717, 1.165) is 10.9 Å². The Hall–Kier alpha value is -2.56. The highest BCUT2D eigenvalue weighted by atomic mass is 16.6. The van der Waals surface area contributed by atoms with Crippen LogP contribution in [0.1, 0.15) is 36.7 Å². The number of carbonyl (C=O) groups is 2. The number of fused-ring (bicyclic) bond motifs is 1. The second-order valence-electron chi connectivity index (χ2n) is 6.30. The largest absolute Gasteiger partial charge is 0.478 e. The number of rotatable bonds is 4. The number of hydrogen-bond donors (Lipinski definition) is 2. The van der Waals surface area contributed by atoms with Crippen LogP contribution in [0.2, 0.25) is 0 Å². The van der Waals surface area contributed by atoms with Crippen LogP contribution in [-0.2, 0) is 11.2 Å². The summed E-state index contributed by atoms with van der Waals surface area (Å²) in [4.78, 5) is 22.9. The number of amides is 1. The SMILES string of the molecule is CC(C)(C)OC(=O)NCCc1ccc(C(=O)O)c2ccccc12. The molecule has 5 heteroatoms. The lowest BCUT2D eigenvalue weighted by molar-refractivity contribution is 0.0528. The third-order valence-electron chi connectivity index (χ3n) is 3.31. The van der Waals surface area contributed by atoms with Crippen molar-refractivity contribution in [3.8, 4) is 0 Å². The van der Waals surface area contributed by atoms with Crippen LogP contribution < -0.4 is 5.32 Å². The van der Waals surface area contributed by atoms with Gasteiger partial charge in [0.1, 0.15) is 5.60 Å². The van der Waals surface area contributed by atoms with Crippen molar-refractivity contribution in [1.82, 2.24) is 5.32 Å². The number of ether oxygens (including phenoxy) is 1. The minimum atomic E-state index is -0.945. The molecule has 0 aliphatic heterocycles. The molecule has 0 radical (unpaired) electrons. The average Bonchev–Trinajstić information content (AvgIpc) is 2.45. The van der Waals surface area contributed by atoms with Gasteiger partial charge in [-0.15, -0.1) is 0 Å². The number of hydrogen-bond acceptors (Lipinski definition) is 3. The number of alkyl carbamates (subject to hydrolysis) is 1. The monoisotopic (exact) mass is 315 g/mol. The first-order valence-corrected chi connectivity index (χ1v) is 7.49. The summed E-state index contributed by atoms with van der Waals surface area (Å²) in [7, 11) is 0. The van der Waals surface area contributed by atoms with E-state index in [-0.39, 0.29) is 5.56 Å². The Kier molecular flexibility index (Phi) is 4.89. The molecule has 0 heterocycles. The quantitative estimate of drug-likeness (QED) is 0.904. The summed E-state index contributed by atoms with van der Waals surface area (Å²) in [5, 5.41) is 13.6. The predicted molar refractivity (Wildman–Crippen MR) is 88.8 cm³/mol. The highest BCUT2D eigenvalue weighted by Crippen LogP contribution is 2.23. The van der Waals surface area contributed by atoms with Gasteiger partial charge in [-0.1, -0.05) is 30.3 Å². The van der Waals surface area contributed by atoms with Crippen LogP contribution in [0.5, 0.6) is 0 Å². The molecule has 5 nitrogen and oxygen atoms in total. The fourth-order valence-corrected chi connectivity index (χ4v) is 2.38. The molecule has 0 aromatic heterocycles. The minimum absolute atomic E-state index is 0.282. The first-order valence-electron chi connectivity index (χ1n) is 7.49. The molecular formula is C18H21NO4. The van der Waals surface area contributed by atoms with Gasteiger partial charge in [0, 0.05) is 6.54 Å². The topological polar surface area (TPSA) is 75.6 Å². The molecule has 2 rings (SSSR count). The number of aromatic carboxylic acids is 1. The number of nitrogens with one attached hydrogen (secondary N) is 1. The first kappa shape index (κ1) is 16.8. The van der Waals surface area contributed by atoms with Gasteiger partial charge in [0.15, 0.2) is 0 Å². The lowest BCUT2D eigenvalue weighted by Gasteiger charge is -2.19. The normalized spacial score (nSPS) is 11.3. The molecule has 0 unspecified atom stereocenters. The van der Waals surface area contributed by atoms with Gasteiger partial charge >= 0.3 is 12.1 Å². The molecule has 23 heavy (non-hydrogen) atoms. The summed E-state index contributed by atoms with van der Waals surface area (Å²) in [5.41, 5.74) is 0.742. The van der Waals surface area contributed by atoms with Crippen molar-refractivity contribution in [2.24, 2.45) is 0 Å². The van der Waals surface area contributed by atoms with Crippen LogP contribution in [0.3, 0.4) is 0 Å². The van der Waals surface area contributed by atoms with Crippen molar-refractivity contribution < 1.29 is 19.4 Å². The molecule has 122 valence electrons. The molecule has 0 spiro atoms. The minimum Gasteiger partial charge on any atom is -0.478 e. The van der Waals surface area contributed by atoms with Gasteiger partial charge in [0.05, 0.1) is 5.56 Å². The van der Waals surface area contributed by atoms with Crippen LogP contribution in [0, 0.1) is 0 Å². The Bertz CT molecular complexity index is 731. The van der Waals surface area contributed by atoms with Crippen LogP contribution in [0.25, 0.3) is 10.8 Å². The second kappa shape index (κ2) is 6.69. The number of carboxylic acids is 1. The summed E-state index contributed by atoms with van der Waals surface area (Å²) in [6, 6.07) is 10.8. The molecule has 2 aromatic rings. The second-order valence-corrected chi connectivity index (χ2v) is 6.30. The third kappa shape index (κ3) is 4.45. The standard InChI is InChI=1S/C18H21NO4/c1-18(2,3)23-17(22)19-11-10-12-8-9-15(16(20)21)14-7-5-4-6-13(12)14/h4-9H,10-11H2,1-3H3,(H,19,22)(H,20,21). The molecule has 1 amide bonds. The predicted octanol–water partition coefficient (Wildman–Crippen LogP) is 3.61. The number of carboxylic acid groups (broad SMARTS) is 1. The maximum atomic E-state index is 11.6. The molecule has 0 bridgehead atoms. The summed E-state index contributed by atoms with van der Waals surface area (Å²) < 4.78 is 5.19. The molecule has 0 fully saturated rings. The molecule has 0 atom stereocenters. The van der Waals surface area contributed by atoms with Crippen molar-refractivity contribution in [3.63, 3.8) is 0 Å². The van der Waals surface area contributed by atoms with Crippen molar-refractivity contribution in [2.45, 2.75) is 32.8 Å². The molecule has 2 aromatic carbocycles. The zero-order valence-electron chi connectivity index (χ0n) is 13.6. The molecular weight excluding hydrogens is 294 g/mol. The van der Waals surface area contributed by atoms with Gasteiger partial charge < -0.3 is 15.2 Å². The van der Waals surface area contributed by atoms with E-state index < -0.39 is 17.7 Å². The van der Waals surface area contributed by atoms with Crippen LogP contribution >= 0.6 is 0 Å². The first-order chi connectivity index (χ1) is 10.8. The Morgan fingerprint density at radius 1 is 1.09 bits per heavy atom. The molecule has 0 aliphatic rings. The summed E-state index contributed by atoms with van der Waals surface area (Å²) >= 11 is 0. The van der Waals surface area contributed by atoms with Gasteiger partial charge in [-0.05, 0) is 49.6 Å². The lowest BCUT2D eigenvalue weighted by atomic mass is 9.98. The smallest absolute Gasteiger partial charge is 0.407 e. The third-order valence-corrected chi connectivity index (χ3v) is 3.31. The van der Waals surface area contributed by atoms with E-state index >= 15 is 0 Å². The van der Waals surface area contributed by atoms with E-state index in [4.69, 9.17) is 4.74 Å². The summed E-state index contributed by atoms with van der Waals surface area (Å²) in [6.07, 6.45) is 0.142. The Balaban J connectivity index is 2.11. The van der Waals surface area contributed by atoms with Crippen molar-refractivity contribution in [3.05, 3.63) is 47.5 Å². The van der Waals surface area contributed by atoms with E-state index in [2.05, 4.69) is 5.32 Å². The van der Waals surface area contributed by atoms with Crippen molar-refractivity contribution in [2.75, 3.05) is 6.54 Å². The molecule has 2 N–H and O–H groups in total. The van der Waals surface area contributed by atoms with Crippen LogP contribution in [-0.4, -0.2) is 29.3 Å². The van der Waals surface area contributed by atoms with E-state index in [1.165, 1.54) is 0 Å². The Morgan fingerprint density at radius 2 is 1.74 bits per heavy atom. The van der Waals surface area contributed by atoms with Gasteiger partial charge in [-0.3, -0.25) is 0 Å². The van der Waals surface area contributed by atoms with E-state index in [1.54, 1.807) is 18.2 Å². The molecule has 0 aliphatic carbocycles. The Labute approximate surface area is 135 Å². The Morgan fingerprint density at radius 3 is 2.35 bits per heavy atom. The fourth-order valence-electron chi connectivity index (χ4n) is 2.38. The van der Waals surface area contributed by atoms with Gasteiger partial charge in [0.2, 0.25) is 0 Å². The number of benzene rings is 2. The van der Waals surface area contributed by atoms with Gasteiger partial charge in [0.25, 0.3) is 0 Å². The maximum Gasteiger partial charge on any atom is 0.407 e. The highest BCUT2D eigenvalue weighted by Gasteiger charge is 2.16. The zero-order valence-corrected chi connectivity index (χ0v) is 13.6. The fraction of sp³-hybridized carbons (Fsp3) is 0.333. The van der Waals surface area contributed by atoms with Crippen LogP contribution in [0.4, 0.5) is 4.79 Å².